The summed E-state index contributed by atoms with van der Waals surface area (Å²) in [6.45, 7) is 0.780. The molecule has 0 radical (unpaired) electrons. The maximum atomic E-state index is 13.2. The van der Waals surface area contributed by atoms with Crippen molar-refractivity contribution in [1.82, 2.24) is 15.3 Å². The van der Waals surface area contributed by atoms with Gasteiger partial charge >= 0.3 is 0 Å². The number of carbonyl (C=O) groups excluding carboxylic acids is 3. The van der Waals surface area contributed by atoms with Crippen LogP contribution in [-0.4, -0.2) is 41.7 Å². The van der Waals surface area contributed by atoms with Crippen molar-refractivity contribution in [3.05, 3.63) is 86.1 Å². The molecule has 0 spiro atoms. The summed E-state index contributed by atoms with van der Waals surface area (Å²) in [7, 11) is 3.82. The van der Waals surface area contributed by atoms with Gasteiger partial charge < -0.3 is 5.32 Å². The minimum absolute atomic E-state index is 0.149. The number of nitrogens with zero attached hydrogens (tertiary/aromatic N) is 2. The monoisotopic (exact) mass is 468 g/mol. The lowest BCUT2D eigenvalue weighted by Gasteiger charge is -2.16. The predicted molar refractivity (Wildman–Crippen MR) is 125 cm³/mol. The molecule has 1 aliphatic heterocycles. The van der Waals surface area contributed by atoms with E-state index >= 15 is 0 Å². The first-order chi connectivity index (χ1) is 15.3. The van der Waals surface area contributed by atoms with Gasteiger partial charge in [-0.2, -0.15) is 0 Å². The topological polar surface area (TPSA) is 81.8 Å². The van der Waals surface area contributed by atoms with Gasteiger partial charge in [-0.1, -0.05) is 41.9 Å². The third-order valence-corrected chi connectivity index (χ3v) is 6.21. The molecule has 164 valence electrons. The summed E-state index contributed by atoms with van der Waals surface area (Å²) in [5, 5.41) is 4.60. The lowest BCUT2D eigenvalue weighted by molar-refractivity contribution is 0.0642. The first-order valence-corrected chi connectivity index (χ1v) is 11.1. The summed E-state index contributed by atoms with van der Waals surface area (Å²) in [6.07, 6.45) is 0. The van der Waals surface area contributed by atoms with Crippen molar-refractivity contribution >= 4 is 46.3 Å². The van der Waals surface area contributed by atoms with Crippen molar-refractivity contribution in [2.24, 2.45) is 0 Å². The molecule has 0 bridgehead atoms. The summed E-state index contributed by atoms with van der Waals surface area (Å²) in [5.41, 5.74) is 5.87. The zero-order chi connectivity index (χ0) is 22.8. The molecular weight excluding hydrogens is 448 g/mol. The van der Waals surface area contributed by atoms with E-state index in [-0.39, 0.29) is 29.5 Å². The van der Waals surface area contributed by atoms with Crippen LogP contribution in [-0.2, 0) is 13.1 Å². The highest BCUT2D eigenvalue weighted by atomic mass is 35.5. The van der Waals surface area contributed by atoms with Gasteiger partial charge in [0.25, 0.3) is 17.7 Å². The first-order valence-electron chi connectivity index (χ1n) is 9.88. The summed E-state index contributed by atoms with van der Waals surface area (Å²) >= 11 is 7.05. The van der Waals surface area contributed by atoms with Gasteiger partial charge in [0.2, 0.25) is 0 Å². The van der Waals surface area contributed by atoms with Gasteiger partial charge in [-0.25, -0.2) is 0 Å². The van der Waals surface area contributed by atoms with Crippen molar-refractivity contribution in [3.63, 3.8) is 0 Å². The number of fused-ring (bicyclic) bond motifs is 1. The molecule has 0 unspecified atom stereocenters. The van der Waals surface area contributed by atoms with Crippen LogP contribution in [0.2, 0.25) is 4.34 Å². The maximum Gasteiger partial charge on any atom is 0.265 e. The fourth-order valence-electron chi connectivity index (χ4n) is 3.47. The van der Waals surface area contributed by atoms with Gasteiger partial charge in [-0.05, 0) is 35.4 Å². The second-order valence-corrected chi connectivity index (χ2v) is 9.25. The number of benzene rings is 2. The number of imide groups is 1. The van der Waals surface area contributed by atoms with Crippen LogP contribution in [0.15, 0.2) is 54.6 Å². The van der Waals surface area contributed by atoms with Crippen molar-refractivity contribution in [2.45, 2.75) is 13.1 Å². The Hall–Kier alpha value is -3.04. The molecule has 3 aromatic rings. The zero-order valence-electron chi connectivity index (χ0n) is 17.5. The number of halogens is 1. The largest absolute Gasteiger partial charge is 0.321 e. The average molecular weight is 469 g/mol. The SMILES string of the molecule is CN(C)NCc1cccc(CN2C(=O)c3cccc(NC(=O)c4ccc(Cl)s4)c3C2=O)c1. The third-order valence-electron chi connectivity index (χ3n) is 4.98. The number of anilines is 1. The van der Waals surface area contributed by atoms with Crippen LogP contribution in [0.3, 0.4) is 0 Å². The van der Waals surface area contributed by atoms with Crippen molar-refractivity contribution in [2.75, 3.05) is 19.4 Å². The lowest BCUT2D eigenvalue weighted by Crippen LogP contribution is -2.30. The maximum absolute atomic E-state index is 13.2. The number of rotatable bonds is 7. The fraction of sp³-hybridized carbons (Fsp3) is 0.174. The predicted octanol–water partition coefficient (Wildman–Crippen LogP) is 4.02. The summed E-state index contributed by atoms with van der Waals surface area (Å²) in [5.74, 6) is -1.19. The van der Waals surface area contributed by atoms with Crippen LogP contribution in [0, 0.1) is 0 Å². The molecule has 2 heterocycles. The Balaban J connectivity index is 1.55. The quantitative estimate of drug-likeness (QED) is 0.404. The Bertz CT molecular complexity index is 1210. The van der Waals surface area contributed by atoms with Gasteiger partial charge in [-0.15, -0.1) is 11.3 Å². The summed E-state index contributed by atoms with van der Waals surface area (Å²) < 4.78 is 0.494. The van der Waals surface area contributed by atoms with Crippen molar-refractivity contribution in [1.29, 1.82) is 0 Å². The highest BCUT2D eigenvalue weighted by molar-refractivity contribution is 7.18. The highest BCUT2D eigenvalue weighted by Gasteiger charge is 2.37. The van der Waals surface area contributed by atoms with E-state index in [1.807, 2.05) is 43.4 Å². The Morgan fingerprint density at radius 3 is 2.50 bits per heavy atom. The van der Waals surface area contributed by atoms with Gasteiger partial charge in [0.05, 0.1) is 32.6 Å². The van der Waals surface area contributed by atoms with E-state index in [0.717, 1.165) is 22.5 Å². The van der Waals surface area contributed by atoms with E-state index in [1.165, 1.54) is 4.90 Å². The van der Waals surface area contributed by atoms with Crippen molar-refractivity contribution < 1.29 is 14.4 Å². The first kappa shape index (κ1) is 22.2. The standard InChI is InChI=1S/C23H21ClN4O3S/c1-27(2)25-12-14-5-3-6-15(11-14)13-28-22(30)16-7-4-8-17(20(16)23(28)31)26-21(29)18-9-10-19(24)32-18/h3-11,25H,12-13H2,1-2H3,(H,26,29). The minimum Gasteiger partial charge on any atom is -0.321 e. The van der Waals surface area contributed by atoms with Crippen LogP contribution >= 0.6 is 22.9 Å². The second kappa shape index (κ2) is 9.22. The zero-order valence-corrected chi connectivity index (χ0v) is 19.1. The van der Waals surface area contributed by atoms with Gasteiger partial charge in [0.1, 0.15) is 0 Å². The normalized spacial score (nSPS) is 13.1. The van der Waals surface area contributed by atoms with E-state index in [4.69, 9.17) is 11.6 Å². The number of amides is 3. The molecule has 1 aliphatic rings. The molecule has 0 aliphatic carbocycles. The Labute approximate surface area is 194 Å². The highest BCUT2D eigenvalue weighted by Crippen LogP contribution is 2.31. The van der Waals surface area contributed by atoms with E-state index < -0.39 is 5.91 Å². The fourth-order valence-corrected chi connectivity index (χ4v) is 4.41. The smallest absolute Gasteiger partial charge is 0.265 e. The Morgan fingerprint density at radius 2 is 1.78 bits per heavy atom. The Kier molecular flexibility index (Phi) is 6.38. The number of nitrogens with one attached hydrogen (secondary N) is 2. The lowest BCUT2D eigenvalue weighted by atomic mass is 10.1. The van der Waals surface area contributed by atoms with Gasteiger partial charge in [0.15, 0.2) is 0 Å². The van der Waals surface area contributed by atoms with Crippen LogP contribution in [0.1, 0.15) is 41.5 Å². The number of carbonyl (C=O) groups is 3. The molecule has 7 nitrogen and oxygen atoms in total. The number of hydrazine groups is 1. The van der Waals surface area contributed by atoms with Crippen LogP contribution in [0.4, 0.5) is 5.69 Å². The molecule has 32 heavy (non-hydrogen) atoms. The van der Waals surface area contributed by atoms with E-state index in [0.29, 0.717) is 21.4 Å². The second-order valence-electron chi connectivity index (χ2n) is 7.53. The number of hydrogen-bond donors (Lipinski definition) is 2. The van der Waals surface area contributed by atoms with E-state index in [9.17, 15) is 14.4 Å². The molecule has 0 fully saturated rings. The molecule has 2 aromatic carbocycles. The average Bonchev–Trinajstić information content (AvgIpc) is 3.30. The summed E-state index contributed by atoms with van der Waals surface area (Å²) in [6, 6.07) is 15.8. The molecule has 0 atom stereocenters. The van der Waals surface area contributed by atoms with Gasteiger partial charge in [-0.3, -0.25) is 29.7 Å². The molecule has 1 aromatic heterocycles. The molecule has 9 heteroatoms. The molecular formula is C23H21ClN4O3S. The van der Waals surface area contributed by atoms with Crippen LogP contribution < -0.4 is 10.7 Å². The van der Waals surface area contributed by atoms with Crippen LogP contribution in [0.5, 0.6) is 0 Å². The van der Waals surface area contributed by atoms with E-state index in [1.54, 1.807) is 30.3 Å². The molecule has 0 saturated carbocycles. The van der Waals surface area contributed by atoms with Gasteiger partial charge in [0, 0.05) is 20.6 Å². The van der Waals surface area contributed by atoms with Crippen molar-refractivity contribution in [3.8, 4) is 0 Å². The molecule has 4 rings (SSSR count). The number of hydrogen-bond acceptors (Lipinski definition) is 6. The Morgan fingerprint density at radius 1 is 1.03 bits per heavy atom. The third kappa shape index (κ3) is 4.58. The van der Waals surface area contributed by atoms with Crippen LogP contribution in [0.25, 0.3) is 0 Å². The molecule has 2 N–H and O–H groups in total. The van der Waals surface area contributed by atoms with E-state index in [2.05, 4.69) is 10.7 Å². The summed E-state index contributed by atoms with van der Waals surface area (Å²) in [4.78, 5) is 40.3. The minimum atomic E-state index is -0.429. The molecule has 3 amide bonds. The molecule has 0 saturated heterocycles. The number of thiophene rings is 1.